The molecule has 0 radical (unpaired) electrons. The maximum atomic E-state index is 12.8. The number of H-pyrrole nitrogens is 1. The minimum absolute atomic E-state index is 0.178. The number of carbonyl (C=O) groups excluding carboxylic acids is 3. The quantitative estimate of drug-likeness (QED) is 0.830. The number of carbonyl (C=O) groups is 3. The van der Waals surface area contributed by atoms with Gasteiger partial charge in [0.2, 0.25) is 5.91 Å². The van der Waals surface area contributed by atoms with Crippen molar-refractivity contribution < 1.29 is 23.9 Å². The average Bonchev–Trinajstić information content (AvgIpc) is 3.19. The molecule has 0 saturated carbocycles. The van der Waals surface area contributed by atoms with Crippen LogP contribution in [0.2, 0.25) is 0 Å². The molecule has 4 rings (SSSR count). The minimum atomic E-state index is -1.31. The number of aromatic amines is 1. The molecule has 1 amide bonds. The average molecular weight is 342 g/mol. The van der Waals surface area contributed by atoms with Gasteiger partial charge >= 0.3 is 11.9 Å². The van der Waals surface area contributed by atoms with Gasteiger partial charge in [-0.1, -0.05) is 18.2 Å². The molecule has 7 nitrogen and oxygen atoms in total. The summed E-state index contributed by atoms with van der Waals surface area (Å²) in [5.41, 5.74) is 1.06. The van der Waals surface area contributed by atoms with Gasteiger partial charge in [-0.2, -0.15) is 0 Å². The first-order valence-corrected chi connectivity index (χ1v) is 8.13. The van der Waals surface area contributed by atoms with Crippen molar-refractivity contribution in [3.05, 3.63) is 35.5 Å². The van der Waals surface area contributed by atoms with Crippen LogP contribution in [0.3, 0.4) is 0 Å². The summed E-state index contributed by atoms with van der Waals surface area (Å²) in [4.78, 5) is 42.5. The van der Waals surface area contributed by atoms with Crippen LogP contribution in [0.5, 0.6) is 0 Å². The van der Waals surface area contributed by atoms with Gasteiger partial charge in [-0.3, -0.25) is 4.79 Å². The number of ether oxygens (including phenoxy) is 2. The lowest BCUT2D eigenvalue weighted by Gasteiger charge is -2.43. The van der Waals surface area contributed by atoms with Crippen LogP contribution in [0.15, 0.2) is 24.3 Å². The van der Waals surface area contributed by atoms with E-state index in [1.54, 1.807) is 0 Å². The van der Waals surface area contributed by atoms with E-state index in [0.717, 1.165) is 16.5 Å². The second-order valence-corrected chi connectivity index (χ2v) is 6.38. The van der Waals surface area contributed by atoms with Crippen molar-refractivity contribution in [2.45, 2.75) is 30.8 Å². The lowest BCUT2D eigenvalue weighted by Crippen LogP contribution is -2.60. The molecule has 7 heteroatoms. The van der Waals surface area contributed by atoms with Gasteiger partial charge in [-0.25, -0.2) is 9.59 Å². The van der Waals surface area contributed by atoms with E-state index in [4.69, 9.17) is 9.47 Å². The molecule has 3 heterocycles. The highest BCUT2D eigenvalue weighted by molar-refractivity contribution is 5.99. The molecule has 0 aliphatic carbocycles. The lowest BCUT2D eigenvalue weighted by atomic mass is 9.81. The van der Waals surface area contributed by atoms with E-state index in [1.165, 1.54) is 19.1 Å². The molecule has 0 spiro atoms. The zero-order valence-electron chi connectivity index (χ0n) is 14.0. The van der Waals surface area contributed by atoms with Crippen LogP contribution in [0, 0.1) is 0 Å². The summed E-state index contributed by atoms with van der Waals surface area (Å²) in [5, 5.41) is 0.939. The molecular formula is C18H18N2O5. The first-order chi connectivity index (χ1) is 12.0. The summed E-state index contributed by atoms with van der Waals surface area (Å²) >= 11 is 0. The van der Waals surface area contributed by atoms with Crippen LogP contribution >= 0.6 is 0 Å². The maximum Gasteiger partial charge on any atom is 0.338 e. The Hall–Kier alpha value is -2.83. The molecule has 1 N–H and O–H groups in total. The number of fused-ring (bicyclic) bond motifs is 5. The van der Waals surface area contributed by atoms with E-state index in [2.05, 4.69) is 4.98 Å². The Morgan fingerprint density at radius 3 is 2.72 bits per heavy atom. The molecule has 2 atom stereocenters. The van der Waals surface area contributed by atoms with Crippen LogP contribution in [0.25, 0.3) is 10.9 Å². The number of hydrogen-bond acceptors (Lipinski definition) is 5. The smallest absolute Gasteiger partial charge is 0.338 e. The van der Waals surface area contributed by atoms with E-state index in [-0.39, 0.29) is 18.7 Å². The number of benzene rings is 1. The van der Waals surface area contributed by atoms with E-state index in [0.29, 0.717) is 12.1 Å². The van der Waals surface area contributed by atoms with E-state index in [9.17, 15) is 14.4 Å². The Balaban J connectivity index is 2.03. The van der Waals surface area contributed by atoms with Crippen LogP contribution in [-0.4, -0.2) is 48.0 Å². The number of amides is 1. The summed E-state index contributed by atoms with van der Waals surface area (Å²) in [7, 11) is 2.58. The van der Waals surface area contributed by atoms with E-state index >= 15 is 0 Å². The summed E-state index contributed by atoms with van der Waals surface area (Å²) in [6.45, 7) is 0. The normalized spacial score (nSPS) is 24.8. The van der Waals surface area contributed by atoms with Crippen molar-refractivity contribution in [1.82, 2.24) is 9.88 Å². The predicted molar refractivity (Wildman–Crippen MR) is 87.6 cm³/mol. The van der Waals surface area contributed by atoms with Crippen LogP contribution in [0.4, 0.5) is 0 Å². The fourth-order valence-corrected chi connectivity index (χ4v) is 4.27. The van der Waals surface area contributed by atoms with Gasteiger partial charge in [0.25, 0.3) is 0 Å². The largest absolute Gasteiger partial charge is 0.467 e. The number of esters is 2. The number of nitrogens with one attached hydrogen (secondary N) is 1. The van der Waals surface area contributed by atoms with Gasteiger partial charge in [0.05, 0.1) is 19.9 Å². The van der Waals surface area contributed by atoms with Crippen molar-refractivity contribution in [1.29, 1.82) is 0 Å². The predicted octanol–water partition coefficient (Wildman–Crippen LogP) is 1.26. The summed E-state index contributed by atoms with van der Waals surface area (Å²) in [6.07, 6.45) is 0.750. The number of methoxy groups -OCH3 is 2. The minimum Gasteiger partial charge on any atom is -0.467 e. The van der Waals surface area contributed by atoms with Crippen LogP contribution in [0.1, 0.15) is 24.1 Å². The molecule has 1 aromatic carbocycles. The van der Waals surface area contributed by atoms with Gasteiger partial charge in [0.1, 0.15) is 6.04 Å². The fraction of sp³-hybridized carbons (Fsp3) is 0.389. The number of rotatable bonds is 2. The summed E-state index contributed by atoms with van der Waals surface area (Å²) in [6, 6.07) is 6.81. The highest BCUT2D eigenvalue weighted by atomic mass is 16.5. The van der Waals surface area contributed by atoms with Gasteiger partial charge in [-0.15, -0.1) is 0 Å². The van der Waals surface area contributed by atoms with Crippen molar-refractivity contribution in [2.24, 2.45) is 0 Å². The Bertz CT molecular complexity index is 902. The molecular weight excluding hydrogens is 324 g/mol. The fourth-order valence-electron chi connectivity index (χ4n) is 4.27. The van der Waals surface area contributed by atoms with Crippen molar-refractivity contribution in [2.75, 3.05) is 14.2 Å². The van der Waals surface area contributed by atoms with Crippen molar-refractivity contribution in [3.63, 3.8) is 0 Å². The molecule has 1 aromatic heterocycles. The number of hydrogen-bond donors (Lipinski definition) is 1. The SMILES string of the molecule is COC(=O)C1Cc2c([nH]c3ccccc23)C2(C(=O)OC)CCC(=O)N12. The molecule has 1 fully saturated rings. The van der Waals surface area contributed by atoms with Crippen molar-refractivity contribution >= 4 is 28.7 Å². The first kappa shape index (κ1) is 15.7. The van der Waals surface area contributed by atoms with E-state index < -0.39 is 23.5 Å². The zero-order valence-corrected chi connectivity index (χ0v) is 14.0. The molecule has 130 valence electrons. The Morgan fingerprint density at radius 1 is 1.24 bits per heavy atom. The van der Waals surface area contributed by atoms with E-state index in [1.807, 2.05) is 24.3 Å². The highest BCUT2D eigenvalue weighted by Crippen LogP contribution is 2.48. The van der Waals surface area contributed by atoms with Crippen LogP contribution < -0.4 is 0 Å². The third kappa shape index (κ3) is 1.89. The van der Waals surface area contributed by atoms with Crippen LogP contribution in [-0.2, 0) is 35.8 Å². The third-order valence-corrected chi connectivity index (χ3v) is 5.31. The molecule has 2 aromatic rings. The van der Waals surface area contributed by atoms with Gasteiger partial charge in [0, 0.05) is 23.7 Å². The van der Waals surface area contributed by atoms with Gasteiger partial charge < -0.3 is 19.4 Å². The second kappa shape index (κ2) is 5.34. The molecule has 1 saturated heterocycles. The second-order valence-electron chi connectivity index (χ2n) is 6.38. The first-order valence-electron chi connectivity index (χ1n) is 8.13. The molecule has 25 heavy (non-hydrogen) atoms. The van der Waals surface area contributed by atoms with Crippen molar-refractivity contribution in [3.8, 4) is 0 Å². The third-order valence-electron chi connectivity index (χ3n) is 5.31. The number of aromatic nitrogens is 1. The Morgan fingerprint density at radius 2 is 2.00 bits per heavy atom. The summed E-state index contributed by atoms with van der Waals surface area (Å²) < 4.78 is 9.97. The lowest BCUT2D eigenvalue weighted by molar-refractivity contribution is -0.168. The Kier molecular flexibility index (Phi) is 3.35. The monoisotopic (exact) mass is 342 g/mol. The zero-order chi connectivity index (χ0) is 17.8. The number of nitrogens with zero attached hydrogens (tertiary/aromatic N) is 1. The Labute approximate surface area is 143 Å². The maximum absolute atomic E-state index is 12.8. The molecule has 0 bridgehead atoms. The highest BCUT2D eigenvalue weighted by Gasteiger charge is 2.61. The molecule has 2 unspecified atom stereocenters. The van der Waals surface area contributed by atoms with Gasteiger partial charge in [-0.05, 0) is 18.1 Å². The molecule has 2 aliphatic rings. The standard InChI is InChI=1S/C18H18N2O5/c1-24-16(22)13-9-11-10-5-3-4-6-12(10)19-15(11)18(17(23)25-2)8-7-14(21)20(13)18/h3-6,13,19H,7-9H2,1-2H3. The summed E-state index contributed by atoms with van der Waals surface area (Å²) in [5.74, 6) is -1.32. The van der Waals surface area contributed by atoms with Gasteiger partial charge in [0.15, 0.2) is 5.54 Å². The topological polar surface area (TPSA) is 88.7 Å². The number of para-hydroxylation sites is 1. The molecule has 2 aliphatic heterocycles.